The summed E-state index contributed by atoms with van der Waals surface area (Å²) in [6.07, 6.45) is 5.77. The van der Waals surface area contributed by atoms with E-state index in [9.17, 15) is 9.59 Å². The zero-order valence-corrected chi connectivity index (χ0v) is 28.0. The molecule has 0 bridgehead atoms. The van der Waals surface area contributed by atoms with Crippen molar-refractivity contribution in [3.63, 3.8) is 0 Å². The number of rotatable bonds is 9. The summed E-state index contributed by atoms with van der Waals surface area (Å²) < 4.78 is 11.7. The molecule has 0 atom stereocenters. The van der Waals surface area contributed by atoms with Crippen LogP contribution in [0, 0.1) is 11.8 Å². The van der Waals surface area contributed by atoms with E-state index in [0.29, 0.717) is 10.8 Å². The summed E-state index contributed by atoms with van der Waals surface area (Å²) in [4.78, 5) is 33.4. The van der Waals surface area contributed by atoms with Crippen LogP contribution in [0.3, 0.4) is 0 Å². The van der Waals surface area contributed by atoms with Gasteiger partial charge in [0.25, 0.3) is 0 Å². The number of benzene rings is 1. The standard InChI is InChI=1S/C33H50N2O4SSi/c1-24-13-15-26(16-14-24)31(36)35(27-17-19-34(20-18-27)21-22-39-41(6,7)33(2,3)4)28-23-29(25-11-9-8-10-12-25)40-30(28)32(37)38-5/h8-12,23-24,26-27H,13-22H2,1-7H3. The molecule has 0 unspecified atom stereocenters. The molecule has 2 aliphatic rings. The highest BCUT2D eigenvalue weighted by atomic mass is 32.1. The van der Waals surface area contributed by atoms with Crippen LogP contribution >= 0.6 is 11.3 Å². The molecule has 4 rings (SSSR count). The molecule has 0 spiro atoms. The third kappa shape index (κ3) is 7.69. The second kappa shape index (κ2) is 13.5. The lowest BCUT2D eigenvalue weighted by atomic mass is 9.82. The summed E-state index contributed by atoms with van der Waals surface area (Å²) in [7, 11) is -0.349. The minimum absolute atomic E-state index is 0.00721. The van der Waals surface area contributed by atoms with Gasteiger partial charge in [-0.3, -0.25) is 4.79 Å². The normalized spacial score (nSPS) is 21.0. The highest BCUT2D eigenvalue weighted by molar-refractivity contribution is 7.18. The SMILES string of the molecule is COC(=O)c1sc(-c2ccccc2)cc1N(C(=O)C1CCC(C)CC1)C1CCN(CCO[Si](C)(C)C(C)(C)C)CC1. The van der Waals surface area contributed by atoms with Crippen LogP contribution in [0.5, 0.6) is 0 Å². The van der Waals surface area contributed by atoms with Crippen LogP contribution < -0.4 is 4.90 Å². The molecule has 41 heavy (non-hydrogen) atoms. The van der Waals surface area contributed by atoms with Gasteiger partial charge >= 0.3 is 5.97 Å². The number of likely N-dealkylation sites (tertiary alicyclic amines) is 1. The van der Waals surface area contributed by atoms with E-state index in [-0.39, 0.29) is 28.9 Å². The molecule has 1 saturated carbocycles. The number of ether oxygens (including phenoxy) is 1. The van der Waals surface area contributed by atoms with E-state index in [0.717, 1.165) is 80.9 Å². The fourth-order valence-corrected chi connectivity index (χ4v) is 7.90. The van der Waals surface area contributed by atoms with Crippen molar-refractivity contribution in [3.05, 3.63) is 41.3 Å². The summed E-state index contributed by atoms with van der Waals surface area (Å²) >= 11 is 1.43. The van der Waals surface area contributed by atoms with E-state index in [4.69, 9.17) is 9.16 Å². The molecule has 1 aromatic heterocycles. The average molecular weight is 599 g/mol. The van der Waals surface area contributed by atoms with Gasteiger partial charge in [-0.25, -0.2) is 4.79 Å². The number of thiophene rings is 1. The highest BCUT2D eigenvalue weighted by Gasteiger charge is 2.39. The van der Waals surface area contributed by atoms with Gasteiger partial charge < -0.3 is 19.0 Å². The third-order valence-electron chi connectivity index (χ3n) is 9.60. The molecule has 0 N–H and O–H groups in total. The molecule has 8 heteroatoms. The molecule has 6 nitrogen and oxygen atoms in total. The topological polar surface area (TPSA) is 59.1 Å². The van der Waals surface area contributed by atoms with Crippen molar-refractivity contribution in [2.45, 2.75) is 90.4 Å². The van der Waals surface area contributed by atoms with Gasteiger partial charge in [0.2, 0.25) is 5.91 Å². The van der Waals surface area contributed by atoms with Crippen molar-refractivity contribution < 1.29 is 18.8 Å². The van der Waals surface area contributed by atoms with E-state index in [1.807, 2.05) is 23.1 Å². The van der Waals surface area contributed by atoms with Crippen LogP contribution in [-0.2, 0) is 14.0 Å². The number of amides is 1. The maximum Gasteiger partial charge on any atom is 0.350 e. The largest absolute Gasteiger partial charge is 0.465 e. The second-order valence-corrected chi connectivity index (χ2v) is 19.4. The van der Waals surface area contributed by atoms with Crippen LogP contribution in [0.4, 0.5) is 5.69 Å². The molecule has 2 heterocycles. The Morgan fingerprint density at radius 2 is 1.66 bits per heavy atom. The molecule has 1 aromatic carbocycles. The summed E-state index contributed by atoms with van der Waals surface area (Å²) in [6, 6.07) is 12.2. The molecule has 226 valence electrons. The average Bonchev–Trinajstić information content (AvgIpc) is 3.38. The lowest BCUT2D eigenvalue weighted by Gasteiger charge is -2.41. The van der Waals surface area contributed by atoms with E-state index >= 15 is 0 Å². The first-order chi connectivity index (χ1) is 19.4. The van der Waals surface area contributed by atoms with Gasteiger partial charge in [0.05, 0.1) is 12.8 Å². The van der Waals surface area contributed by atoms with Crippen molar-refractivity contribution in [1.29, 1.82) is 0 Å². The Hall–Kier alpha value is -2.00. The summed E-state index contributed by atoms with van der Waals surface area (Å²) in [6.45, 7) is 17.2. The minimum atomic E-state index is -1.77. The third-order valence-corrected chi connectivity index (χ3v) is 15.3. The quantitative estimate of drug-likeness (QED) is 0.217. The van der Waals surface area contributed by atoms with Crippen LogP contribution in [0.2, 0.25) is 18.1 Å². The lowest BCUT2D eigenvalue weighted by Crippen LogP contribution is -2.51. The van der Waals surface area contributed by atoms with Crippen LogP contribution in [-0.4, -0.2) is 64.5 Å². The highest BCUT2D eigenvalue weighted by Crippen LogP contribution is 2.41. The zero-order valence-electron chi connectivity index (χ0n) is 26.2. The first-order valence-electron chi connectivity index (χ1n) is 15.4. The van der Waals surface area contributed by atoms with Crippen molar-refractivity contribution in [2.24, 2.45) is 11.8 Å². The summed E-state index contributed by atoms with van der Waals surface area (Å²) in [5, 5.41) is 0.203. The Morgan fingerprint density at radius 3 is 2.24 bits per heavy atom. The van der Waals surface area contributed by atoms with Gasteiger partial charge in [-0.15, -0.1) is 11.3 Å². The van der Waals surface area contributed by atoms with E-state index in [2.05, 4.69) is 63.9 Å². The summed E-state index contributed by atoms with van der Waals surface area (Å²) in [5.41, 5.74) is 1.77. The Kier molecular flexibility index (Phi) is 10.5. The van der Waals surface area contributed by atoms with Gasteiger partial charge in [-0.1, -0.05) is 58.0 Å². The molecule has 2 fully saturated rings. The Morgan fingerprint density at radius 1 is 1.02 bits per heavy atom. The van der Waals surface area contributed by atoms with Crippen LogP contribution in [0.15, 0.2) is 36.4 Å². The molecule has 1 aliphatic carbocycles. The number of esters is 1. The van der Waals surface area contributed by atoms with Crippen LogP contribution in [0.25, 0.3) is 10.4 Å². The molecule has 2 aromatic rings. The number of piperidine rings is 1. The predicted octanol–water partition coefficient (Wildman–Crippen LogP) is 7.85. The second-order valence-electron chi connectivity index (χ2n) is 13.5. The zero-order chi connectivity index (χ0) is 29.8. The van der Waals surface area contributed by atoms with Crippen molar-refractivity contribution in [2.75, 3.05) is 38.3 Å². The van der Waals surface area contributed by atoms with Gasteiger partial charge in [-0.2, -0.15) is 0 Å². The molecule has 1 saturated heterocycles. The number of methoxy groups -OCH3 is 1. The number of hydrogen-bond donors (Lipinski definition) is 0. The molecule has 1 aliphatic heterocycles. The maximum absolute atomic E-state index is 14.3. The van der Waals surface area contributed by atoms with E-state index in [1.54, 1.807) is 0 Å². The Labute approximate surface area is 252 Å². The molecule has 0 radical (unpaired) electrons. The Balaban J connectivity index is 1.56. The monoisotopic (exact) mass is 598 g/mol. The Bertz CT molecular complexity index is 1160. The summed E-state index contributed by atoms with van der Waals surface area (Å²) in [5.74, 6) is 0.482. The van der Waals surface area contributed by atoms with Crippen molar-refractivity contribution >= 4 is 37.2 Å². The minimum Gasteiger partial charge on any atom is -0.465 e. The molecular weight excluding hydrogens is 549 g/mol. The number of anilines is 1. The lowest BCUT2D eigenvalue weighted by molar-refractivity contribution is -0.124. The van der Waals surface area contributed by atoms with Gasteiger partial charge in [-0.05, 0) is 74.2 Å². The fraction of sp³-hybridized carbons (Fsp3) is 0.636. The number of hydrogen-bond acceptors (Lipinski definition) is 6. The van der Waals surface area contributed by atoms with Crippen molar-refractivity contribution in [1.82, 2.24) is 4.90 Å². The van der Waals surface area contributed by atoms with E-state index < -0.39 is 8.32 Å². The van der Waals surface area contributed by atoms with Crippen LogP contribution in [0.1, 0.15) is 75.9 Å². The smallest absolute Gasteiger partial charge is 0.350 e. The number of nitrogens with zero attached hydrogens (tertiary/aromatic N) is 2. The number of carbonyl (C=O) groups is 2. The van der Waals surface area contributed by atoms with Crippen molar-refractivity contribution in [3.8, 4) is 10.4 Å². The van der Waals surface area contributed by atoms with Gasteiger partial charge in [0.15, 0.2) is 8.32 Å². The molecular formula is C33H50N2O4SSi. The number of carbonyl (C=O) groups excluding carboxylic acids is 2. The van der Waals surface area contributed by atoms with Gasteiger partial charge in [0, 0.05) is 43.1 Å². The fourth-order valence-electron chi connectivity index (χ4n) is 5.79. The first kappa shape index (κ1) is 31.9. The predicted molar refractivity (Wildman–Crippen MR) is 172 cm³/mol. The first-order valence-corrected chi connectivity index (χ1v) is 19.1. The maximum atomic E-state index is 14.3. The van der Waals surface area contributed by atoms with Gasteiger partial charge in [0.1, 0.15) is 4.88 Å². The van der Waals surface area contributed by atoms with E-state index in [1.165, 1.54) is 18.4 Å². The molecule has 1 amide bonds.